The second-order valence-corrected chi connectivity index (χ2v) is 5.00. The topological polar surface area (TPSA) is 42.0 Å². The van der Waals surface area contributed by atoms with E-state index in [1.165, 1.54) is 21.8 Å². The van der Waals surface area contributed by atoms with Gasteiger partial charge in [-0.05, 0) is 37.1 Å². The van der Waals surface area contributed by atoms with E-state index in [0.717, 1.165) is 17.0 Å². The van der Waals surface area contributed by atoms with Crippen LogP contribution >= 0.6 is 11.3 Å². The van der Waals surface area contributed by atoms with E-state index in [1.54, 1.807) is 18.5 Å². The Hall–Kier alpha value is -1.68. The van der Waals surface area contributed by atoms with E-state index in [2.05, 4.69) is 17.2 Å². The van der Waals surface area contributed by atoms with Crippen molar-refractivity contribution in [3.63, 3.8) is 0 Å². The summed E-state index contributed by atoms with van der Waals surface area (Å²) in [5.74, 6) is -0.0641. The zero-order valence-corrected chi connectivity index (χ0v) is 10.7. The Morgan fingerprint density at radius 1 is 1.53 bits per heavy atom. The van der Waals surface area contributed by atoms with Crippen molar-refractivity contribution in [1.82, 2.24) is 4.98 Å². The molecule has 3 nitrogen and oxygen atoms in total. The van der Waals surface area contributed by atoms with E-state index in [1.807, 2.05) is 19.1 Å². The molecule has 0 aliphatic carbocycles. The molecule has 0 aromatic carbocycles. The number of nitrogens with zero attached hydrogens (tertiary/aromatic N) is 1. The maximum absolute atomic E-state index is 12.0. The van der Waals surface area contributed by atoms with Crippen LogP contribution in [0.15, 0.2) is 30.6 Å². The van der Waals surface area contributed by atoms with Gasteiger partial charge in [0.1, 0.15) is 0 Å². The van der Waals surface area contributed by atoms with Crippen molar-refractivity contribution in [2.24, 2.45) is 0 Å². The normalized spacial score (nSPS) is 10.2. The van der Waals surface area contributed by atoms with Crippen molar-refractivity contribution in [1.29, 1.82) is 0 Å². The minimum absolute atomic E-state index is 0.0641. The van der Waals surface area contributed by atoms with Gasteiger partial charge in [-0.2, -0.15) is 0 Å². The second kappa shape index (κ2) is 5.10. The van der Waals surface area contributed by atoms with Gasteiger partial charge in [-0.1, -0.05) is 6.92 Å². The maximum Gasteiger partial charge on any atom is 0.265 e. The van der Waals surface area contributed by atoms with Crippen LogP contribution in [0.1, 0.15) is 27.0 Å². The summed E-state index contributed by atoms with van der Waals surface area (Å²) in [4.78, 5) is 17.9. The molecule has 1 N–H and O–H groups in total. The summed E-state index contributed by atoms with van der Waals surface area (Å²) in [5, 5.41) is 2.83. The van der Waals surface area contributed by atoms with Crippen LogP contribution in [0.3, 0.4) is 0 Å². The summed E-state index contributed by atoms with van der Waals surface area (Å²) < 4.78 is 0. The SMILES string of the molecule is CCc1cc(C(=O)Nc2cccnc2)sc1C. The number of carbonyl (C=O) groups is 1. The fourth-order valence-electron chi connectivity index (χ4n) is 1.61. The fraction of sp³-hybridized carbons (Fsp3) is 0.231. The monoisotopic (exact) mass is 246 g/mol. The third-order valence-electron chi connectivity index (χ3n) is 2.54. The Labute approximate surface area is 105 Å². The van der Waals surface area contributed by atoms with Gasteiger partial charge >= 0.3 is 0 Å². The van der Waals surface area contributed by atoms with Crippen LogP contribution < -0.4 is 5.32 Å². The Morgan fingerprint density at radius 3 is 2.94 bits per heavy atom. The Bertz CT molecular complexity index is 519. The summed E-state index contributed by atoms with van der Waals surface area (Å²) in [7, 11) is 0. The van der Waals surface area contributed by atoms with E-state index >= 15 is 0 Å². The summed E-state index contributed by atoms with van der Waals surface area (Å²) in [6.07, 6.45) is 4.28. The molecular formula is C13H14N2OS. The molecule has 0 spiro atoms. The molecule has 4 heteroatoms. The molecule has 0 saturated heterocycles. The first kappa shape index (κ1) is 11.8. The number of rotatable bonds is 3. The highest BCUT2D eigenvalue weighted by Crippen LogP contribution is 2.22. The number of anilines is 1. The lowest BCUT2D eigenvalue weighted by molar-refractivity contribution is 0.103. The molecule has 88 valence electrons. The molecule has 0 bridgehead atoms. The molecule has 0 atom stereocenters. The summed E-state index contributed by atoms with van der Waals surface area (Å²) in [6, 6.07) is 5.59. The molecule has 2 aromatic heterocycles. The van der Waals surface area contributed by atoms with Crippen molar-refractivity contribution in [3.8, 4) is 0 Å². The number of thiophene rings is 1. The van der Waals surface area contributed by atoms with Crippen LogP contribution in [0, 0.1) is 6.92 Å². The lowest BCUT2D eigenvalue weighted by Crippen LogP contribution is -2.10. The molecule has 17 heavy (non-hydrogen) atoms. The van der Waals surface area contributed by atoms with Gasteiger partial charge in [0.2, 0.25) is 0 Å². The number of carbonyl (C=O) groups excluding carboxylic acids is 1. The molecule has 0 radical (unpaired) electrons. The van der Waals surface area contributed by atoms with Crippen molar-refractivity contribution in [2.45, 2.75) is 20.3 Å². The molecule has 1 amide bonds. The second-order valence-electron chi connectivity index (χ2n) is 3.74. The molecule has 0 saturated carbocycles. The molecule has 2 rings (SSSR count). The van der Waals surface area contributed by atoms with Gasteiger partial charge in [0.15, 0.2) is 0 Å². The van der Waals surface area contributed by atoms with Crippen LogP contribution in [0.2, 0.25) is 0 Å². The largest absolute Gasteiger partial charge is 0.320 e. The van der Waals surface area contributed by atoms with Gasteiger partial charge in [0, 0.05) is 11.1 Å². The average molecular weight is 246 g/mol. The maximum atomic E-state index is 12.0. The summed E-state index contributed by atoms with van der Waals surface area (Å²) in [5.41, 5.74) is 1.97. The minimum atomic E-state index is -0.0641. The zero-order chi connectivity index (χ0) is 12.3. The van der Waals surface area contributed by atoms with Crippen molar-refractivity contribution in [3.05, 3.63) is 45.9 Å². The van der Waals surface area contributed by atoms with E-state index in [0.29, 0.717) is 0 Å². The fourth-order valence-corrected chi connectivity index (χ4v) is 2.62. The standard InChI is InChI=1S/C13H14N2OS/c1-3-10-7-12(17-9(10)2)13(16)15-11-5-4-6-14-8-11/h4-8H,3H2,1-2H3,(H,15,16). The lowest BCUT2D eigenvalue weighted by Gasteiger charge is -2.01. The van der Waals surface area contributed by atoms with Gasteiger partial charge in [-0.25, -0.2) is 0 Å². The highest BCUT2D eigenvalue weighted by Gasteiger charge is 2.11. The average Bonchev–Trinajstić information content (AvgIpc) is 2.72. The Kier molecular flexibility index (Phi) is 3.54. The number of aromatic nitrogens is 1. The first-order valence-corrected chi connectivity index (χ1v) is 6.33. The van der Waals surface area contributed by atoms with Crippen LogP contribution in [0.4, 0.5) is 5.69 Å². The van der Waals surface area contributed by atoms with Crippen molar-refractivity contribution < 1.29 is 4.79 Å². The number of hydrogen-bond donors (Lipinski definition) is 1. The van der Waals surface area contributed by atoms with Crippen molar-refractivity contribution >= 4 is 22.9 Å². The van der Waals surface area contributed by atoms with Gasteiger partial charge in [-0.3, -0.25) is 9.78 Å². The Morgan fingerprint density at radius 2 is 2.35 bits per heavy atom. The van der Waals surface area contributed by atoms with Crippen LogP contribution in [0.25, 0.3) is 0 Å². The van der Waals surface area contributed by atoms with Crippen LogP contribution in [0.5, 0.6) is 0 Å². The van der Waals surface area contributed by atoms with Gasteiger partial charge in [0.05, 0.1) is 16.8 Å². The predicted octanol–water partition coefficient (Wildman–Crippen LogP) is 3.27. The molecule has 0 unspecified atom stereocenters. The highest BCUT2D eigenvalue weighted by atomic mass is 32.1. The quantitative estimate of drug-likeness (QED) is 0.903. The third kappa shape index (κ3) is 2.71. The molecule has 2 heterocycles. The van der Waals surface area contributed by atoms with Gasteiger partial charge in [0.25, 0.3) is 5.91 Å². The molecule has 2 aromatic rings. The van der Waals surface area contributed by atoms with E-state index in [-0.39, 0.29) is 5.91 Å². The number of amides is 1. The molecular weight excluding hydrogens is 232 g/mol. The smallest absolute Gasteiger partial charge is 0.265 e. The highest BCUT2D eigenvalue weighted by molar-refractivity contribution is 7.14. The zero-order valence-electron chi connectivity index (χ0n) is 9.86. The van der Waals surface area contributed by atoms with Crippen LogP contribution in [-0.4, -0.2) is 10.9 Å². The van der Waals surface area contributed by atoms with Crippen molar-refractivity contribution in [2.75, 3.05) is 5.32 Å². The van der Waals surface area contributed by atoms with Crippen LogP contribution in [-0.2, 0) is 6.42 Å². The van der Waals surface area contributed by atoms with E-state index < -0.39 is 0 Å². The third-order valence-corrected chi connectivity index (χ3v) is 3.64. The predicted molar refractivity (Wildman–Crippen MR) is 70.6 cm³/mol. The minimum Gasteiger partial charge on any atom is -0.320 e. The Balaban J connectivity index is 2.15. The van der Waals surface area contributed by atoms with E-state index in [4.69, 9.17) is 0 Å². The number of hydrogen-bond acceptors (Lipinski definition) is 3. The number of aryl methyl sites for hydroxylation is 2. The summed E-state index contributed by atoms with van der Waals surface area (Å²) >= 11 is 1.53. The first-order chi connectivity index (χ1) is 8.20. The summed E-state index contributed by atoms with van der Waals surface area (Å²) in [6.45, 7) is 4.14. The van der Waals surface area contributed by atoms with Gasteiger partial charge < -0.3 is 5.32 Å². The number of nitrogens with one attached hydrogen (secondary N) is 1. The van der Waals surface area contributed by atoms with Gasteiger partial charge in [-0.15, -0.1) is 11.3 Å². The number of pyridine rings is 1. The lowest BCUT2D eigenvalue weighted by atomic mass is 10.2. The first-order valence-electron chi connectivity index (χ1n) is 5.51. The molecule has 0 aliphatic rings. The van der Waals surface area contributed by atoms with E-state index in [9.17, 15) is 4.79 Å². The molecule has 0 aliphatic heterocycles. The molecule has 0 fully saturated rings.